The predicted octanol–water partition coefficient (Wildman–Crippen LogP) is -0.784. The molecule has 1 unspecified atom stereocenters. The summed E-state index contributed by atoms with van der Waals surface area (Å²) in [5.41, 5.74) is 0.843. The Morgan fingerprint density at radius 2 is 2.20 bits per heavy atom. The zero-order valence-electron chi connectivity index (χ0n) is 10.6. The van der Waals surface area contributed by atoms with E-state index < -0.39 is 23.8 Å². The van der Waals surface area contributed by atoms with Gasteiger partial charge in [-0.25, -0.2) is 4.52 Å². The highest BCUT2D eigenvalue weighted by Gasteiger charge is 2.34. The Bertz CT molecular complexity index is 723. The molecule has 0 aliphatic carbocycles. The third kappa shape index (κ3) is 1.81. The number of piperazine rings is 1. The van der Waals surface area contributed by atoms with Gasteiger partial charge in [0.25, 0.3) is 5.91 Å². The molecule has 1 fully saturated rings. The second-order valence-electron chi connectivity index (χ2n) is 4.49. The van der Waals surface area contributed by atoms with Gasteiger partial charge in [0, 0.05) is 12.4 Å². The molecule has 0 bridgehead atoms. The molecule has 0 saturated carbocycles. The van der Waals surface area contributed by atoms with Crippen LogP contribution in [0, 0.1) is 0 Å². The van der Waals surface area contributed by atoms with Gasteiger partial charge in [0.15, 0.2) is 0 Å². The highest BCUT2D eigenvalue weighted by Crippen LogP contribution is 2.15. The van der Waals surface area contributed by atoms with Crippen molar-refractivity contribution >= 4 is 23.2 Å². The van der Waals surface area contributed by atoms with Crippen molar-refractivity contribution < 1.29 is 14.4 Å². The van der Waals surface area contributed by atoms with Gasteiger partial charge >= 0.3 is 0 Å². The summed E-state index contributed by atoms with van der Waals surface area (Å²) in [4.78, 5) is 40.7. The molecule has 1 aliphatic heterocycles. The molecule has 8 heteroatoms. The van der Waals surface area contributed by atoms with Gasteiger partial charge in [-0.1, -0.05) is 0 Å². The second-order valence-corrected chi connectivity index (χ2v) is 4.49. The van der Waals surface area contributed by atoms with E-state index in [2.05, 4.69) is 15.4 Å². The topological polar surface area (TPSA) is 96.7 Å². The number of hydrogen-bond acceptors (Lipinski definition) is 5. The van der Waals surface area contributed by atoms with Crippen molar-refractivity contribution in [3.63, 3.8) is 0 Å². The van der Waals surface area contributed by atoms with E-state index in [0.717, 1.165) is 0 Å². The molecule has 1 N–H and O–H groups in total. The van der Waals surface area contributed by atoms with Gasteiger partial charge in [-0.3, -0.25) is 24.7 Å². The average Bonchev–Trinajstić information content (AvgIpc) is 2.86. The van der Waals surface area contributed by atoms with Crippen LogP contribution in [0.15, 0.2) is 24.8 Å². The standard InChI is InChI=1S/C12H11N5O3/c1-7-11(19)15-10(18)6-16(7)12(20)8-4-14-17-3-2-13-5-9(8)17/h2-5,7H,6H2,1H3,(H,15,18,19). The molecule has 0 spiro atoms. The third-order valence-electron chi connectivity index (χ3n) is 3.24. The van der Waals surface area contributed by atoms with Crippen molar-refractivity contribution in [2.24, 2.45) is 0 Å². The number of carbonyl (C=O) groups excluding carboxylic acids is 3. The predicted molar refractivity (Wildman–Crippen MR) is 66.6 cm³/mol. The SMILES string of the molecule is CC1C(=O)NC(=O)CN1C(=O)c1cnn2ccncc12. The largest absolute Gasteiger partial charge is 0.317 e. The maximum Gasteiger partial charge on any atom is 0.258 e. The highest BCUT2D eigenvalue weighted by atomic mass is 16.2. The summed E-state index contributed by atoms with van der Waals surface area (Å²) in [6.45, 7) is 1.42. The normalized spacial score (nSPS) is 19.2. The molecule has 1 atom stereocenters. The van der Waals surface area contributed by atoms with Gasteiger partial charge in [-0.05, 0) is 6.92 Å². The lowest BCUT2D eigenvalue weighted by molar-refractivity contribution is -0.138. The van der Waals surface area contributed by atoms with Crippen LogP contribution in [0.25, 0.3) is 5.52 Å². The smallest absolute Gasteiger partial charge is 0.258 e. The van der Waals surface area contributed by atoms with E-state index in [-0.39, 0.29) is 6.54 Å². The van der Waals surface area contributed by atoms with Crippen molar-refractivity contribution in [1.29, 1.82) is 0 Å². The number of nitrogens with zero attached hydrogens (tertiary/aromatic N) is 4. The summed E-state index contributed by atoms with van der Waals surface area (Å²) >= 11 is 0. The van der Waals surface area contributed by atoms with E-state index in [1.807, 2.05) is 0 Å². The van der Waals surface area contributed by atoms with Crippen LogP contribution >= 0.6 is 0 Å². The van der Waals surface area contributed by atoms with Crippen LogP contribution < -0.4 is 5.32 Å². The molecular weight excluding hydrogens is 262 g/mol. The zero-order chi connectivity index (χ0) is 14.3. The summed E-state index contributed by atoms with van der Waals surface area (Å²) in [5, 5.41) is 6.23. The first-order chi connectivity index (χ1) is 9.58. The first-order valence-corrected chi connectivity index (χ1v) is 6.00. The van der Waals surface area contributed by atoms with E-state index in [4.69, 9.17) is 0 Å². The van der Waals surface area contributed by atoms with E-state index in [9.17, 15) is 14.4 Å². The number of amides is 3. The Kier molecular flexibility index (Phi) is 2.70. The highest BCUT2D eigenvalue weighted by molar-refractivity contribution is 6.08. The van der Waals surface area contributed by atoms with E-state index >= 15 is 0 Å². The number of nitrogens with one attached hydrogen (secondary N) is 1. The average molecular weight is 273 g/mol. The van der Waals surface area contributed by atoms with E-state index in [1.54, 1.807) is 19.3 Å². The molecule has 0 aromatic carbocycles. The third-order valence-corrected chi connectivity index (χ3v) is 3.24. The van der Waals surface area contributed by atoms with Gasteiger partial charge in [-0.2, -0.15) is 5.10 Å². The van der Waals surface area contributed by atoms with Crippen LogP contribution in [0.4, 0.5) is 0 Å². The molecular formula is C12H11N5O3. The molecule has 2 aromatic heterocycles. The maximum atomic E-state index is 12.5. The first kappa shape index (κ1) is 12.3. The number of imide groups is 1. The molecule has 3 amide bonds. The molecule has 8 nitrogen and oxygen atoms in total. The van der Waals surface area contributed by atoms with Crippen LogP contribution in [-0.2, 0) is 9.59 Å². The molecule has 2 aromatic rings. The Labute approximate surface area is 113 Å². The Hall–Kier alpha value is -2.77. The number of carbonyl (C=O) groups is 3. The summed E-state index contributed by atoms with van der Waals surface area (Å²) < 4.78 is 1.51. The Morgan fingerprint density at radius 1 is 1.40 bits per heavy atom. The van der Waals surface area contributed by atoms with Gasteiger partial charge in [0.05, 0.1) is 23.5 Å². The summed E-state index contributed by atoms with van der Waals surface area (Å²) in [7, 11) is 0. The molecule has 20 heavy (non-hydrogen) atoms. The minimum atomic E-state index is -0.702. The van der Waals surface area contributed by atoms with Crippen LogP contribution in [0.3, 0.4) is 0 Å². The maximum absolute atomic E-state index is 12.5. The van der Waals surface area contributed by atoms with E-state index in [0.29, 0.717) is 11.1 Å². The van der Waals surface area contributed by atoms with Crippen LogP contribution in [0.5, 0.6) is 0 Å². The monoisotopic (exact) mass is 273 g/mol. The molecule has 1 saturated heterocycles. The van der Waals surface area contributed by atoms with Crippen LogP contribution in [0.1, 0.15) is 17.3 Å². The zero-order valence-corrected chi connectivity index (χ0v) is 10.6. The molecule has 0 radical (unpaired) electrons. The fraction of sp³-hybridized carbons (Fsp3) is 0.250. The van der Waals surface area contributed by atoms with Crippen LogP contribution in [-0.4, -0.2) is 49.8 Å². The van der Waals surface area contributed by atoms with Crippen molar-refractivity contribution in [1.82, 2.24) is 24.8 Å². The lowest BCUT2D eigenvalue weighted by Gasteiger charge is -2.31. The fourth-order valence-corrected chi connectivity index (χ4v) is 2.12. The number of hydrogen-bond donors (Lipinski definition) is 1. The number of fused-ring (bicyclic) bond motifs is 1. The van der Waals surface area contributed by atoms with Crippen molar-refractivity contribution in [3.8, 4) is 0 Å². The lowest BCUT2D eigenvalue weighted by Crippen LogP contribution is -2.58. The van der Waals surface area contributed by atoms with Gasteiger partial charge in [-0.15, -0.1) is 0 Å². The lowest BCUT2D eigenvalue weighted by atomic mass is 10.1. The van der Waals surface area contributed by atoms with Crippen molar-refractivity contribution in [3.05, 3.63) is 30.4 Å². The fourth-order valence-electron chi connectivity index (χ4n) is 2.12. The molecule has 1 aliphatic rings. The quantitative estimate of drug-likeness (QED) is 0.687. The minimum absolute atomic E-state index is 0.149. The second kappa shape index (κ2) is 4.41. The van der Waals surface area contributed by atoms with Crippen molar-refractivity contribution in [2.45, 2.75) is 13.0 Å². The van der Waals surface area contributed by atoms with Crippen LogP contribution in [0.2, 0.25) is 0 Å². The minimum Gasteiger partial charge on any atom is -0.317 e. The Morgan fingerprint density at radius 3 is 3.00 bits per heavy atom. The molecule has 102 valence electrons. The van der Waals surface area contributed by atoms with E-state index in [1.165, 1.54) is 21.8 Å². The number of aromatic nitrogens is 3. The molecule has 3 heterocycles. The van der Waals surface area contributed by atoms with Crippen molar-refractivity contribution in [2.75, 3.05) is 6.54 Å². The van der Waals surface area contributed by atoms with Gasteiger partial charge in [0.2, 0.25) is 11.8 Å². The Balaban J connectivity index is 1.99. The molecule has 3 rings (SSSR count). The first-order valence-electron chi connectivity index (χ1n) is 6.00. The number of rotatable bonds is 1. The summed E-state index contributed by atoms with van der Waals surface area (Å²) in [6.07, 6.45) is 6.08. The van der Waals surface area contributed by atoms with Gasteiger partial charge < -0.3 is 4.90 Å². The summed E-state index contributed by atoms with van der Waals surface area (Å²) in [5.74, 6) is -1.39. The summed E-state index contributed by atoms with van der Waals surface area (Å²) in [6, 6.07) is -0.702. The van der Waals surface area contributed by atoms with Gasteiger partial charge in [0.1, 0.15) is 12.6 Å².